The number of nitrogens with two attached hydrogens (primary N) is 1. The summed E-state index contributed by atoms with van der Waals surface area (Å²) in [7, 11) is -0.645. The van der Waals surface area contributed by atoms with E-state index in [1.807, 2.05) is 0 Å². The van der Waals surface area contributed by atoms with Crippen LogP contribution in [0.5, 0.6) is 0 Å². The summed E-state index contributed by atoms with van der Waals surface area (Å²) in [5.74, 6) is 0. The maximum Gasteiger partial charge on any atom is 0.0985 e. The SMILES string of the molecule is C[SiH](C)SC(O)CCCN. The standard InChI is InChI=1S/C6H17NOSSi/c1-10(2)9-6(8)4-3-5-7/h6,8,10H,3-5,7H2,1-2H3. The topological polar surface area (TPSA) is 46.2 Å². The van der Waals surface area contributed by atoms with Gasteiger partial charge < -0.3 is 10.8 Å². The number of hydrogen-bond donors (Lipinski definition) is 2. The van der Waals surface area contributed by atoms with Crippen molar-refractivity contribution in [2.75, 3.05) is 6.54 Å². The molecule has 2 nitrogen and oxygen atoms in total. The van der Waals surface area contributed by atoms with Crippen molar-refractivity contribution in [2.45, 2.75) is 31.4 Å². The van der Waals surface area contributed by atoms with Crippen molar-refractivity contribution in [3.8, 4) is 0 Å². The Morgan fingerprint density at radius 1 is 1.60 bits per heavy atom. The first-order chi connectivity index (χ1) is 4.66. The molecule has 0 saturated heterocycles. The van der Waals surface area contributed by atoms with E-state index in [2.05, 4.69) is 13.1 Å². The summed E-state index contributed by atoms with van der Waals surface area (Å²) >= 11 is 1.73. The van der Waals surface area contributed by atoms with Crippen molar-refractivity contribution in [3.63, 3.8) is 0 Å². The molecule has 0 bridgehead atoms. The van der Waals surface area contributed by atoms with Crippen molar-refractivity contribution in [3.05, 3.63) is 0 Å². The van der Waals surface area contributed by atoms with E-state index in [0.29, 0.717) is 6.54 Å². The van der Waals surface area contributed by atoms with E-state index in [-0.39, 0.29) is 5.44 Å². The predicted octanol–water partition coefficient (Wildman–Crippen LogP) is 0.760. The van der Waals surface area contributed by atoms with Crippen LogP contribution in [0.15, 0.2) is 0 Å². The molecule has 1 atom stereocenters. The molecule has 3 N–H and O–H groups in total. The highest BCUT2D eigenvalue weighted by Gasteiger charge is 2.05. The van der Waals surface area contributed by atoms with Gasteiger partial charge in [-0.15, -0.1) is 0 Å². The van der Waals surface area contributed by atoms with E-state index in [0.717, 1.165) is 12.8 Å². The van der Waals surface area contributed by atoms with Crippen LogP contribution in [0.2, 0.25) is 13.1 Å². The zero-order chi connectivity index (χ0) is 7.98. The van der Waals surface area contributed by atoms with Gasteiger partial charge in [-0.25, -0.2) is 0 Å². The van der Waals surface area contributed by atoms with Crippen LogP contribution in [0.25, 0.3) is 0 Å². The molecule has 0 aromatic carbocycles. The summed E-state index contributed by atoms with van der Waals surface area (Å²) in [5, 5.41) is 9.29. The Kier molecular flexibility index (Phi) is 6.52. The lowest BCUT2D eigenvalue weighted by molar-refractivity contribution is 0.251. The van der Waals surface area contributed by atoms with Crippen LogP contribution in [-0.4, -0.2) is 25.0 Å². The second-order valence-corrected chi connectivity index (χ2v) is 9.13. The average Bonchev–Trinajstić information content (AvgIpc) is 1.82. The number of hydrogen-bond acceptors (Lipinski definition) is 3. The Hall–Kier alpha value is 0.487. The molecule has 0 aliphatic heterocycles. The van der Waals surface area contributed by atoms with Crippen LogP contribution in [-0.2, 0) is 0 Å². The van der Waals surface area contributed by atoms with Gasteiger partial charge in [0.2, 0.25) is 0 Å². The van der Waals surface area contributed by atoms with Crippen LogP contribution in [0.3, 0.4) is 0 Å². The van der Waals surface area contributed by atoms with E-state index in [1.165, 1.54) is 0 Å². The molecule has 0 aromatic rings. The molecule has 1 unspecified atom stereocenters. The van der Waals surface area contributed by atoms with Gasteiger partial charge in [0, 0.05) is 0 Å². The summed E-state index contributed by atoms with van der Waals surface area (Å²) in [6.45, 7) is 5.13. The molecule has 0 heterocycles. The maximum absolute atomic E-state index is 9.29. The van der Waals surface area contributed by atoms with Crippen molar-refractivity contribution in [1.29, 1.82) is 0 Å². The lowest BCUT2D eigenvalue weighted by Crippen LogP contribution is -2.10. The molecule has 0 aromatic heterocycles. The predicted molar refractivity (Wildman–Crippen MR) is 50.8 cm³/mol. The molecule has 0 aliphatic carbocycles. The first kappa shape index (κ1) is 10.5. The van der Waals surface area contributed by atoms with E-state index >= 15 is 0 Å². The Morgan fingerprint density at radius 3 is 2.60 bits per heavy atom. The Labute approximate surface area is 68.4 Å². The molecular weight excluding hydrogens is 162 g/mol. The van der Waals surface area contributed by atoms with Gasteiger partial charge >= 0.3 is 0 Å². The van der Waals surface area contributed by atoms with Gasteiger partial charge in [0.15, 0.2) is 0 Å². The summed E-state index contributed by atoms with van der Waals surface area (Å²) in [5.41, 5.74) is 5.14. The largest absolute Gasteiger partial charge is 0.383 e. The molecule has 10 heavy (non-hydrogen) atoms. The zero-order valence-corrected chi connectivity index (χ0v) is 8.68. The summed E-state index contributed by atoms with van der Waals surface area (Å²) in [6.07, 6.45) is 1.79. The number of rotatable bonds is 5. The highest BCUT2D eigenvalue weighted by molar-refractivity contribution is 8.25. The van der Waals surface area contributed by atoms with Crippen LogP contribution in [0.1, 0.15) is 12.8 Å². The third-order valence-electron chi connectivity index (χ3n) is 1.08. The fourth-order valence-electron chi connectivity index (χ4n) is 0.675. The van der Waals surface area contributed by atoms with Gasteiger partial charge in [0.1, 0.15) is 0 Å². The van der Waals surface area contributed by atoms with Gasteiger partial charge in [-0.1, -0.05) is 13.1 Å². The van der Waals surface area contributed by atoms with Crippen LogP contribution in [0.4, 0.5) is 0 Å². The smallest absolute Gasteiger partial charge is 0.0985 e. The molecule has 0 rings (SSSR count). The molecule has 0 fully saturated rings. The Bertz CT molecular complexity index is 82.1. The molecular formula is C6H17NOSSi. The summed E-state index contributed by atoms with van der Waals surface area (Å²) < 4.78 is 0. The fourth-order valence-corrected chi connectivity index (χ4v) is 3.90. The number of aliphatic hydroxyl groups is 1. The van der Waals surface area contributed by atoms with Gasteiger partial charge in [-0.2, -0.15) is 11.2 Å². The minimum atomic E-state index is -0.645. The quantitative estimate of drug-likeness (QED) is 0.484. The fraction of sp³-hybridized carbons (Fsp3) is 1.00. The third kappa shape index (κ3) is 6.60. The average molecular weight is 179 g/mol. The normalized spacial score (nSPS) is 14.1. The van der Waals surface area contributed by atoms with Crippen molar-refractivity contribution >= 4 is 19.2 Å². The lowest BCUT2D eigenvalue weighted by Gasteiger charge is -2.10. The second kappa shape index (κ2) is 6.21. The van der Waals surface area contributed by atoms with Crippen molar-refractivity contribution < 1.29 is 5.11 Å². The Morgan fingerprint density at radius 2 is 2.20 bits per heavy atom. The highest BCUT2D eigenvalue weighted by atomic mass is 32.4. The first-order valence-electron chi connectivity index (χ1n) is 3.70. The zero-order valence-electron chi connectivity index (χ0n) is 6.71. The van der Waals surface area contributed by atoms with Crippen LogP contribution >= 0.6 is 11.2 Å². The van der Waals surface area contributed by atoms with Crippen molar-refractivity contribution in [1.82, 2.24) is 0 Å². The van der Waals surface area contributed by atoms with Gasteiger partial charge in [0.25, 0.3) is 0 Å². The maximum atomic E-state index is 9.29. The molecule has 0 aliphatic rings. The summed E-state index contributed by atoms with van der Waals surface area (Å²) in [6, 6.07) is 0. The van der Waals surface area contributed by atoms with E-state index in [9.17, 15) is 5.11 Å². The lowest BCUT2D eigenvalue weighted by atomic mass is 10.3. The number of aliphatic hydroxyl groups excluding tert-OH is 1. The minimum Gasteiger partial charge on any atom is -0.383 e. The summed E-state index contributed by atoms with van der Waals surface area (Å²) in [4.78, 5) is 0. The van der Waals surface area contributed by atoms with Crippen LogP contribution in [0, 0.1) is 0 Å². The molecule has 4 heteroatoms. The van der Waals surface area contributed by atoms with Gasteiger partial charge in [0.05, 0.1) is 13.4 Å². The molecule has 0 saturated carbocycles. The second-order valence-electron chi connectivity index (χ2n) is 2.57. The van der Waals surface area contributed by atoms with Gasteiger partial charge in [-0.05, 0) is 19.4 Å². The Balaban J connectivity index is 3.16. The van der Waals surface area contributed by atoms with Crippen LogP contribution < -0.4 is 5.73 Å². The van der Waals surface area contributed by atoms with E-state index in [1.54, 1.807) is 11.2 Å². The minimum absolute atomic E-state index is 0.157. The van der Waals surface area contributed by atoms with Crippen molar-refractivity contribution in [2.24, 2.45) is 5.73 Å². The molecule has 0 amide bonds. The third-order valence-corrected chi connectivity index (χ3v) is 4.75. The molecule has 62 valence electrons. The van der Waals surface area contributed by atoms with E-state index < -0.39 is 7.95 Å². The van der Waals surface area contributed by atoms with E-state index in [4.69, 9.17) is 5.73 Å². The monoisotopic (exact) mass is 179 g/mol. The van der Waals surface area contributed by atoms with Gasteiger partial charge in [-0.3, -0.25) is 0 Å². The first-order valence-corrected chi connectivity index (χ1v) is 8.37. The molecule has 0 spiro atoms. The highest BCUT2D eigenvalue weighted by Crippen LogP contribution is 2.15. The molecule has 0 radical (unpaired) electrons.